The molecule has 1 saturated heterocycles. The Morgan fingerprint density at radius 3 is 2.90 bits per heavy atom. The molecule has 0 aliphatic carbocycles. The smallest absolute Gasteiger partial charge is 0.237 e. The number of nitrogens with zero attached hydrogens (tertiary/aromatic N) is 1. The highest BCUT2D eigenvalue weighted by molar-refractivity contribution is 5.81. The van der Waals surface area contributed by atoms with Gasteiger partial charge in [-0.25, -0.2) is 4.39 Å². The Hall–Kier alpha value is -1.46. The van der Waals surface area contributed by atoms with E-state index in [9.17, 15) is 9.18 Å². The molecule has 1 unspecified atom stereocenters. The van der Waals surface area contributed by atoms with Crippen LogP contribution < -0.4 is 10.6 Å². The Morgan fingerprint density at radius 2 is 2.20 bits per heavy atom. The maximum atomic E-state index is 13.0. The number of piperazine rings is 1. The van der Waals surface area contributed by atoms with Crippen molar-refractivity contribution in [3.63, 3.8) is 0 Å². The second-order valence-electron chi connectivity index (χ2n) is 5.13. The van der Waals surface area contributed by atoms with Crippen LogP contribution in [-0.2, 0) is 11.2 Å². The third-order valence-electron chi connectivity index (χ3n) is 3.68. The number of hydrogen-bond donors (Lipinski definition) is 2. The summed E-state index contributed by atoms with van der Waals surface area (Å²) >= 11 is 0. The van der Waals surface area contributed by atoms with E-state index in [1.54, 1.807) is 6.07 Å². The summed E-state index contributed by atoms with van der Waals surface area (Å²) in [5.74, 6) is -0.189. The highest BCUT2D eigenvalue weighted by atomic mass is 19.1. The standard InChI is InChI=1S/C15H22FN3O/c1-12(19-9-7-17-8-10-19)15(20)18-6-5-13-3-2-4-14(16)11-13/h2-4,11-12,17H,5-10H2,1H3,(H,18,20). The van der Waals surface area contributed by atoms with Gasteiger partial charge in [0.2, 0.25) is 5.91 Å². The molecule has 1 aliphatic heterocycles. The number of benzene rings is 1. The molecule has 1 aliphatic rings. The summed E-state index contributed by atoms with van der Waals surface area (Å²) in [6.45, 7) is 6.14. The molecule has 1 aromatic rings. The summed E-state index contributed by atoms with van der Waals surface area (Å²) in [6, 6.07) is 6.38. The molecule has 0 radical (unpaired) electrons. The van der Waals surface area contributed by atoms with Crippen molar-refractivity contribution in [1.29, 1.82) is 0 Å². The third-order valence-corrected chi connectivity index (χ3v) is 3.68. The molecule has 2 N–H and O–H groups in total. The van der Waals surface area contributed by atoms with Gasteiger partial charge in [0.25, 0.3) is 0 Å². The molecule has 1 fully saturated rings. The first-order chi connectivity index (χ1) is 9.66. The molecule has 2 rings (SSSR count). The molecule has 0 aromatic heterocycles. The molecule has 1 heterocycles. The lowest BCUT2D eigenvalue weighted by Crippen LogP contribution is -2.52. The SMILES string of the molecule is CC(C(=O)NCCc1cccc(F)c1)N1CCNCC1. The van der Waals surface area contributed by atoms with E-state index < -0.39 is 0 Å². The Bertz CT molecular complexity index is 446. The quantitative estimate of drug-likeness (QED) is 0.837. The highest BCUT2D eigenvalue weighted by Crippen LogP contribution is 2.04. The number of nitrogens with one attached hydrogen (secondary N) is 2. The van der Waals surface area contributed by atoms with Crippen molar-refractivity contribution < 1.29 is 9.18 Å². The van der Waals surface area contributed by atoms with Gasteiger partial charge in [0.15, 0.2) is 0 Å². The number of hydrogen-bond acceptors (Lipinski definition) is 3. The van der Waals surface area contributed by atoms with E-state index in [0.29, 0.717) is 13.0 Å². The molecule has 1 atom stereocenters. The van der Waals surface area contributed by atoms with Crippen LogP contribution in [0.25, 0.3) is 0 Å². The Kier molecular flexibility index (Phi) is 5.49. The molecule has 1 amide bonds. The minimum absolute atomic E-state index is 0.0447. The van der Waals surface area contributed by atoms with Crippen molar-refractivity contribution in [2.75, 3.05) is 32.7 Å². The van der Waals surface area contributed by atoms with Gasteiger partial charge in [-0.15, -0.1) is 0 Å². The van der Waals surface area contributed by atoms with E-state index in [1.807, 2.05) is 13.0 Å². The first kappa shape index (κ1) is 14.9. The number of halogens is 1. The van der Waals surface area contributed by atoms with E-state index >= 15 is 0 Å². The predicted molar refractivity (Wildman–Crippen MR) is 77.0 cm³/mol. The zero-order chi connectivity index (χ0) is 14.4. The molecule has 0 bridgehead atoms. The molecule has 0 saturated carbocycles. The van der Waals surface area contributed by atoms with Crippen LogP contribution in [0, 0.1) is 5.82 Å². The molecule has 0 spiro atoms. The van der Waals surface area contributed by atoms with Crippen molar-refractivity contribution >= 4 is 5.91 Å². The van der Waals surface area contributed by atoms with Gasteiger partial charge in [0.05, 0.1) is 6.04 Å². The van der Waals surface area contributed by atoms with Crippen LogP contribution in [0.3, 0.4) is 0 Å². The van der Waals surface area contributed by atoms with E-state index in [-0.39, 0.29) is 17.8 Å². The first-order valence-corrected chi connectivity index (χ1v) is 7.14. The second kappa shape index (κ2) is 7.36. The van der Waals surface area contributed by atoms with Crippen molar-refractivity contribution in [2.45, 2.75) is 19.4 Å². The van der Waals surface area contributed by atoms with Crippen LogP contribution in [0.4, 0.5) is 4.39 Å². The molecule has 4 nitrogen and oxygen atoms in total. The number of carbonyl (C=O) groups is 1. The maximum Gasteiger partial charge on any atom is 0.237 e. The largest absolute Gasteiger partial charge is 0.354 e. The van der Waals surface area contributed by atoms with E-state index in [1.165, 1.54) is 12.1 Å². The Balaban J connectivity index is 1.74. The fraction of sp³-hybridized carbons (Fsp3) is 0.533. The van der Waals surface area contributed by atoms with Gasteiger partial charge < -0.3 is 10.6 Å². The number of rotatable bonds is 5. The Labute approximate surface area is 119 Å². The van der Waals surface area contributed by atoms with Gasteiger partial charge in [0.1, 0.15) is 5.82 Å². The fourth-order valence-corrected chi connectivity index (χ4v) is 2.41. The van der Waals surface area contributed by atoms with Crippen LogP contribution in [0.1, 0.15) is 12.5 Å². The van der Waals surface area contributed by atoms with E-state index in [4.69, 9.17) is 0 Å². The molecule has 1 aromatic carbocycles. The lowest BCUT2D eigenvalue weighted by atomic mass is 10.1. The highest BCUT2D eigenvalue weighted by Gasteiger charge is 2.21. The third kappa shape index (κ3) is 4.28. The average molecular weight is 279 g/mol. The summed E-state index contributed by atoms with van der Waals surface area (Å²) in [4.78, 5) is 14.2. The normalized spacial score (nSPS) is 17.7. The van der Waals surface area contributed by atoms with Crippen LogP contribution in [-0.4, -0.2) is 49.6 Å². The summed E-state index contributed by atoms with van der Waals surface area (Å²) in [5.41, 5.74) is 0.903. The zero-order valence-electron chi connectivity index (χ0n) is 11.9. The van der Waals surface area contributed by atoms with E-state index in [2.05, 4.69) is 15.5 Å². The summed E-state index contributed by atoms with van der Waals surface area (Å²) < 4.78 is 13.0. The summed E-state index contributed by atoms with van der Waals surface area (Å²) in [5, 5.41) is 6.19. The monoisotopic (exact) mass is 279 g/mol. The van der Waals surface area contributed by atoms with Gasteiger partial charge >= 0.3 is 0 Å². The second-order valence-corrected chi connectivity index (χ2v) is 5.13. The van der Waals surface area contributed by atoms with Crippen molar-refractivity contribution in [3.8, 4) is 0 Å². The zero-order valence-corrected chi connectivity index (χ0v) is 11.9. The maximum absolute atomic E-state index is 13.0. The van der Waals surface area contributed by atoms with Crippen LogP contribution in [0.15, 0.2) is 24.3 Å². The molecular weight excluding hydrogens is 257 g/mol. The Morgan fingerprint density at radius 1 is 1.45 bits per heavy atom. The summed E-state index contributed by atoms with van der Waals surface area (Å²) in [6.07, 6.45) is 0.651. The van der Waals surface area contributed by atoms with Gasteiger partial charge in [0, 0.05) is 32.7 Å². The minimum Gasteiger partial charge on any atom is -0.354 e. The first-order valence-electron chi connectivity index (χ1n) is 7.14. The summed E-state index contributed by atoms with van der Waals surface area (Å²) in [7, 11) is 0. The lowest BCUT2D eigenvalue weighted by Gasteiger charge is -2.31. The van der Waals surface area contributed by atoms with Gasteiger partial charge in [-0.1, -0.05) is 12.1 Å². The lowest BCUT2D eigenvalue weighted by molar-refractivity contribution is -0.126. The topological polar surface area (TPSA) is 44.4 Å². The molecular formula is C15H22FN3O. The minimum atomic E-state index is -0.233. The van der Waals surface area contributed by atoms with Crippen molar-refractivity contribution in [3.05, 3.63) is 35.6 Å². The van der Waals surface area contributed by atoms with Crippen LogP contribution >= 0.6 is 0 Å². The van der Waals surface area contributed by atoms with E-state index in [0.717, 1.165) is 31.7 Å². The molecule has 110 valence electrons. The molecule has 5 heteroatoms. The fourth-order valence-electron chi connectivity index (χ4n) is 2.41. The van der Waals surface area contributed by atoms with Gasteiger partial charge in [-0.3, -0.25) is 9.69 Å². The average Bonchev–Trinajstić information content (AvgIpc) is 2.47. The van der Waals surface area contributed by atoms with Gasteiger partial charge in [-0.2, -0.15) is 0 Å². The van der Waals surface area contributed by atoms with Gasteiger partial charge in [-0.05, 0) is 31.0 Å². The number of carbonyl (C=O) groups excluding carboxylic acids is 1. The predicted octanol–water partition coefficient (Wildman–Crippen LogP) is 0.778. The van der Waals surface area contributed by atoms with Crippen LogP contribution in [0.5, 0.6) is 0 Å². The van der Waals surface area contributed by atoms with Crippen LogP contribution in [0.2, 0.25) is 0 Å². The number of amides is 1. The molecule has 20 heavy (non-hydrogen) atoms. The van der Waals surface area contributed by atoms with Crippen molar-refractivity contribution in [1.82, 2.24) is 15.5 Å². The van der Waals surface area contributed by atoms with Crippen molar-refractivity contribution in [2.24, 2.45) is 0 Å².